The van der Waals surface area contributed by atoms with E-state index < -0.39 is 10.0 Å². The predicted molar refractivity (Wildman–Crippen MR) is 131 cm³/mol. The molecule has 0 aliphatic carbocycles. The van der Waals surface area contributed by atoms with Crippen molar-refractivity contribution in [1.29, 1.82) is 0 Å². The molecule has 2 aromatic heterocycles. The number of hydrogen-bond acceptors (Lipinski definition) is 6. The molecule has 4 heterocycles. The van der Waals surface area contributed by atoms with Crippen molar-refractivity contribution >= 4 is 38.2 Å². The van der Waals surface area contributed by atoms with Crippen molar-refractivity contribution in [2.45, 2.75) is 36.6 Å². The first-order valence-electron chi connectivity index (χ1n) is 11.6. The maximum atomic E-state index is 13.2. The van der Waals surface area contributed by atoms with E-state index in [4.69, 9.17) is 16.3 Å². The lowest BCUT2D eigenvalue weighted by atomic mass is 10.0. The largest absolute Gasteiger partial charge is 0.382 e. The van der Waals surface area contributed by atoms with E-state index in [-0.39, 0.29) is 21.5 Å². The molecule has 0 amide bonds. The number of benzene rings is 1. The van der Waals surface area contributed by atoms with Gasteiger partial charge in [-0.05, 0) is 55.9 Å². The number of anilines is 1. The second-order valence-electron chi connectivity index (χ2n) is 8.95. The smallest absolute Gasteiger partial charge is 0.287 e. The molecule has 0 spiro atoms. The van der Waals surface area contributed by atoms with Crippen molar-refractivity contribution in [1.82, 2.24) is 19.1 Å². The molecule has 0 saturated carbocycles. The number of rotatable bonds is 6. The van der Waals surface area contributed by atoms with Crippen LogP contribution in [0.3, 0.4) is 0 Å². The summed E-state index contributed by atoms with van der Waals surface area (Å²) >= 11 is 6.38. The van der Waals surface area contributed by atoms with Crippen LogP contribution in [0.15, 0.2) is 46.3 Å². The summed E-state index contributed by atoms with van der Waals surface area (Å²) < 4.78 is 34.7. The van der Waals surface area contributed by atoms with Gasteiger partial charge in [0.1, 0.15) is 5.02 Å². The summed E-state index contributed by atoms with van der Waals surface area (Å²) in [7, 11) is -3.61. The van der Waals surface area contributed by atoms with E-state index in [1.807, 2.05) is 6.07 Å². The number of nitrogens with zero attached hydrogens (tertiary/aromatic N) is 3. The van der Waals surface area contributed by atoms with E-state index in [1.165, 1.54) is 8.99 Å². The number of aromatic amines is 1. The maximum Gasteiger partial charge on any atom is 0.287 e. The van der Waals surface area contributed by atoms with Crippen molar-refractivity contribution in [3.05, 3.63) is 52.0 Å². The van der Waals surface area contributed by atoms with Gasteiger partial charge in [0.2, 0.25) is 10.0 Å². The van der Waals surface area contributed by atoms with E-state index in [1.54, 1.807) is 30.6 Å². The van der Waals surface area contributed by atoms with Gasteiger partial charge in [0.05, 0.1) is 29.4 Å². The number of hydrogen-bond donors (Lipinski definition) is 2. The Bertz CT molecular complexity index is 1320. The van der Waals surface area contributed by atoms with Crippen molar-refractivity contribution in [3.8, 4) is 0 Å². The lowest BCUT2D eigenvalue weighted by molar-refractivity contribution is 0.0595. The van der Waals surface area contributed by atoms with E-state index in [2.05, 4.69) is 15.4 Å². The third-order valence-electron chi connectivity index (χ3n) is 6.71. The van der Waals surface area contributed by atoms with Gasteiger partial charge in [0.15, 0.2) is 0 Å². The third kappa shape index (κ3) is 4.59. The van der Waals surface area contributed by atoms with Crippen LogP contribution in [0.5, 0.6) is 0 Å². The van der Waals surface area contributed by atoms with Crippen molar-refractivity contribution in [2.75, 3.05) is 38.2 Å². The molecule has 1 atom stereocenters. The van der Waals surface area contributed by atoms with E-state index in [9.17, 15) is 13.2 Å². The summed E-state index contributed by atoms with van der Waals surface area (Å²) in [5, 5.41) is 8.55. The molecule has 0 radical (unpaired) electrons. The summed E-state index contributed by atoms with van der Waals surface area (Å²) in [6, 6.07) is 6.73. The molecule has 0 bridgehead atoms. The third-order valence-corrected chi connectivity index (χ3v) is 8.97. The highest BCUT2D eigenvalue weighted by molar-refractivity contribution is 7.89. The standard InChI is InChI=1S/C23H28ClN5O4S/c24-22-21(26-13-16-2-1-11-33-15-16)14-27-29(23(22)30)18-6-9-28(10-7-18)34(31,32)19-3-4-20-17(12-19)5-8-25-20/h3-5,8,12,14,16,18,25-26H,1-2,6-7,9-11,13,15H2/t16-/m1/s1. The summed E-state index contributed by atoms with van der Waals surface area (Å²) in [5.74, 6) is 0.386. The first kappa shape index (κ1) is 23.3. The number of nitrogens with one attached hydrogen (secondary N) is 2. The monoisotopic (exact) mass is 505 g/mol. The molecule has 11 heteroatoms. The Balaban J connectivity index is 1.25. The lowest BCUT2D eigenvalue weighted by Gasteiger charge is -2.31. The molecular formula is C23H28ClN5O4S. The quantitative estimate of drug-likeness (QED) is 0.532. The van der Waals surface area contributed by atoms with Crippen LogP contribution in [0, 0.1) is 5.92 Å². The Labute approximate surface area is 203 Å². The summed E-state index contributed by atoms with van der Waals surface area (Å²) in [5.41, 5.74) is 1.06. The molecule has 2 aliphatic rings. The fourth-order valence-electron chi connectivity index (χ4n) is 4.72. The SMILES string of the molecule is O=c1c(Cl)c(NC[C@H]2CCCOC2)cnn1C1CCN(S(=O)(=O)c2ccc3[nH]ccc3c2)CC1. The van der Waals surface area contributed by atoms with Crippen LogP contribution in [0.2, 0.25) is 5.02 Å². The molecule has 1 aromatic carbocycles. The Hall–Kier alpha value is -2.40. The van der Waals surface area contributed by atoms with Gasteiger partial charge >= 0.3 is 0 Å². The number of piperidine rings is 1. The number of fused-ring (bicyclic) bond motifs is 1. The molecule has 3 aromatic rings. The van der Waals surface area contributed by atoms with E-state index >= 15 is 0 Å². The van der Waals surface area contributed by atoms with Gasteiger partial charge in [-0.15, -0.1) is 0 Å². The molecule has 2 aliphatic heterocycles. The van der Waals surface area contributed by atoms with Crippen LogP contribution in [0.1, 0.15) is 31.7 Å². The Morgan fingerprint density at radius 2 is 2.03 bits per heavy atom. The average molecular weight is 506 g/mol. The van der Waals surface area contributed by atoms with Crippen molar-refractivity contribution in [3.63, 3.8) is 0 Å². The number of aromatic nitrogens is 3. The fraction of sp³-hybridized carbons (Fsp3) is 0.478. The number of H-pyrrole nitrogens is 1. The zero-order valence-electron chi connectivity index (χ0n) is 18.7. The van der Waals surface area contributed by atoms with Gasteiger partial charge in [-0.3, -0.25) is 4.79 Å². The summed E-state index contributed by atoms with van der Waals surface area (Å²) in [4.78, 5) is 16.3. The Morgan fingerprint density at radius 1 is 1.21 bits per heavy atom. The van der Waals surface area contributed by atoms with Gasteiger partial charge in [-0.25, -0.2) is 13.1 Å². The van der Waals surface area contributed by atoms with Crippen LogP contribution in [-0.2, 0) is 14.8 Å². The molecule has 2 saturated heterocycles. The molecule has 2 N–H and O–H groups in total. The lowest BCUT2D eigenvalue weighted by Crippen LogP contribution is -2.41. The van der Waals surface area contributed by atoms with Crippen LogP contribution >= 0.6 is 11.6 Å². The minimum Gasteiger partial charge on any atom is -0.382 e. The second-order valence-corrected chi connectivity index (χ2v) is 11.3. The number of sulfonamides is 1. The second kappa shape index (κ2) is 9.69. The van der Waals surface area contributed by atoms with E-state index in [0.29, 0.717) is 50.7 Å². The Morgan fingerprint density at radius 3 is 2.79 bits per heavy atom. The highest BCUT2D eigenvalue weighted by Crippen LogP contribution is 2.28. The van der Waals surface area contributed by atoms with Crippen molar-refractivity contribution in [2.24, 2.45) is 5.92 Å². The van der Waals surface area contributed by atoms with Crippen LogP contribution in [-0.4, -0.2) is 60.3 Å². The average Bonchev–Trinajstić information content (AvgIpc) is 3.34. The zero-order valence-corrected chi connectivity index (χ0v) is 20.3. The zero-order chi connectivity index (χ0) is 23.7. The van der Waals surface area contributed by atoms with Gasteiger partial charge in [-0.2, -0.15) is 9.40 Å². The first-order chi connectivity index (χ1) is 16.4. The van der Waals surface area contributed by atoms with Crippen LogP contribution < -0.4 is 10.9 Å². The van der Waals surface area contributed by atoms with E-state index in [0.717, 1.165) is 30.4 Å². The Kier molecular flexibility index (Phi) is 6.65. The fourth-order valence-corrected chi connectivity index (χ4v) is 6.43. The molecule has 34 heavy (non-hydrogen) atoms. The molecule has 9 nitrogen and oxygen atoms in total. The molecule has 0 unspecified atom stereocenters. The van der Waals surface area contributed by atoms with Crippen LogP contribution in [0.4, 0.5) is 5.69 Å². The predicted octanol–water partition coefficient (Wildman–Crippen LogP) is 3.24. The normalized spacial score (nSPS) is 20.6. The minimum atomic E-state index is -3.61. The molecule has 2 fully saturated rings. The van der Waals surface area contributed by atoms with Gasteiger partial charge in [0, 0.05) is 43.3 Å². The van der Waals surface area contributed by atoms with Gasteiger partial charge in [-0.1, -0.05) is 11.6 Å². The van der Waals surface area contributed by atoms with Gasteiger partial charge in [0.25, 0.3) is 5.56 Å². The highest BCUT2D eigenvalue weighted by atomic mass is 35.5. The first-order valence-corrected chi connectivity index (χ1v) is 13.4. The summed E-state index contributed by atoms with van der Waals surface area (Å²) in [6.07, 6.45) is 6.46. The topological polar surface area (TPSA) is 109 Å². The summed E-state index contributed by atoms with van der Waals surface area (Å²) in [6.45, 7) is 2.81. The minimum absolute atomic E-state index is 0.113. The molecule has 182 valence electrons. The van der Waals surface area contributed by atoms with Crippen molar-refractivity contribution < 1.29 is 13.2 Å². The maximum absolute atomic E-state index is 13.2. The number of ether oxygens (including phenoxy) is 1. The molecular weight excluding hydrogens is 478 g/mol. The highest BCUT2D eigenvalue weighted by Gasteiger charge is 2.31. The molecule has 5 rings (SSSR count). The number of halogens is 1. The van der Waals surface area contributed by atoms with Crippen LogP contribution in [0.25, 0.3) is 10.9 Å². The van der Waals surface area contributed by atoms with Gasteiger partial charge < -0.3 is 15.0 Å².